The maximum Gasteiger partial charge on any atom is 0.251 e. The average Bonchev–Trinajstić information content (AvgIpc) is 2.88. The van der Waals surface area contributed by atoms with Gasteiger partial charge in [0.15, 0.2) is 0 Å². The van der Waals surface area contributed by atoms with Crippen LogP contribution in [0.1, 0.15) is 41.6 Å². The first-order valence-corrected chi connectivity index (χ1v) is 7.14. The number of benzene rings is 1. The third-order valence-electron chi connectivity index (χ3n) is 4.19. The molecule has 1 aromatic carbocycles. The summed E-state index contributed by atoms with van der Waals surface area (Å²) in [6, 6.07) is 4.17. The van der Waals surface area contributed by atoms with Crippen LogP contribution in [0.25, 0.3) is 10.9 Å². The molecule has 1 aromatic heterocycles. The van der Waals surface area contributed by atoms with Gasteiger partial charge in [0.2, 0.25) is 0 Å². The Bertz CT molecular complexity index is 634. The maximum atomic E-state index is 12.4. The van der Waals surface area contributed by atoms with Gasteiger partial charge in [0.25, 0.3) is 5.91 Å². The van der Waals surface area contributed by atoms with Crippen molar-refractivity contribution in [1.82, 2.24) is 15.5 Å². The predicted molar refractivity (Wildman–Crippen MR) is 78.5 cm³/mol. The smallest absolute Gasteiger partial charge is 0.251 e. The molecule has 0 saturated heterocycles. The number of aryl methyl sites for hydroxylation is 1. The maximum absolute atomic E-state index is 12.4. The number of fused-ring (bicyclic) bond motifs is 1. The third kappa shape index (κ3) is 2.41. The molecule has 0 aliphatic heterocycles. The molecule has 1 fully saturated rings. The SMILES string of the molecule is Cc1c(C(=O)NC2CCCC(N)C2)ccc2[nH]ncc12. The van der Waals surface area contributed by atoms with E-state index in [1.807, 2.05) is 19.1 Å². The Labute approximate surface area is 117 Å². The third-order valence-corrected chi connectivity index (χ3v) is 4.19. The van der Waals surface area contributed by atoms with Gasteiger partial charge >= 0.3 is 0 Å². The molecule has 4 N–H and O–H groups in total. The average molecular weight is 272 g/mol. The Morgan fingerprint density at radius 2 is 2.30 bits per heavy atom. The fourth-order valence-corrected chi connectivity index (χ4v) is 3.03. The minimum absolute atomic E-state index is 0.00954. The van der Waals surface area contributed by atoms with Crippen LogP contribution in [0.15, 0.2) is 18.3 Å². The zero-order valence-corrected chi connectivity index (χ0v) is 11.6. The first-order chi connectivity index (χ1) is 9.65. The first-order valence-electron chi connectivity index (χ1n) is 7.14. The number of hydrogen-bond donors (Lipinski definition) is 3. The van der Waals surface area contributed by atoms with Gasteiger partial charge in [0, 0.05) is 23.0 Å². The van der Waals surface area contributed by atoms with Gasteiger partial charge in [-0.1, -0.05) is 0 Å². The lowest BCUT2D eigenvalue weighted by atomic mass is 9.91. The second kappa shape index (κ2) is 5.25. The lowest BCUT2D eigenvalue weighted by Gasteiger charge is -2.27. The Kier molecular flexibility index (Phi) is 3.44. The van der Waals surface area contributed by atoms with Crippen molar-refractivity contribution in [3.05, 3.63) is 29.5 Å². The van der Waals surface area contributed by atoms with Crippen molar-refractivity contribution < 1.29 is 4.79 Å². The summed E-state index contributed by atoms with van der Waals surface area (Å²) in [5.74, 6) is -0.00954. The highest BCUT2D eigenvalue weighted by Crippen LogP contribution is 2.21. The highest BCUT2D eigenvalue weighted by molar-refractivity contribution is 6.00. The van der Waals surface area contributed by atoms with Crippen LogP contribution in [-0.4, -0.2) is 28.2 Å². The molecule has 106 valence electrons. The zero-order chi connectivity index (χ0) is 14.1. The molecule has 5 heteroatoms. The van der Waals surface area contributed by atoms with E-state index in [4.69, 9.17) is 5.73 Å². The summed E-state index contributed by atoms with van der Waals surface area (Å²) in [5, 5.41) is 11.0. The molecule has 0 spiro atoms. The van der Waals surface area contributed by atoms with Crippen molar-refractivity contribution in [3.8, 4) is 0 Å². The fraction of sp³-hybridized carbons (Fsp3) is 0.467. The number of aromatic amines is 1. The normalized spacial score (nSPS) is 22.9. The van der Waals surface area contributed by atoms with Crippen molar-refractivity contribution in [2.45, 2.75) is 44.7 Å². The van der Waals surface area contributed by atoms with Crippen LogP contribution in [0, 0.1) is 6.92 Å². The van der Waals surface area contributed by atoms with E-state index in [0.29, 0.717) is 0 Å². The molecule has 0 bridgehead atoms. The molecule has 3 rings (SSSR count). The molecule has 1 aliphatic rings. The number of carbonyl (C=O) groups excluding carboxylic acids is 1. The van der Waals surface area contributed by atoms with E-state index in [1.165, 1.54) is 0 Å². The van der Waals surface area contributed by atoms with E-state index in [2.05, 4.69) is 15.5 Å². The van der Waals surface area contributed by atoms with Crippen LogP contribution >= 0.6 is 0 Å². The van der Waals surface area contributed by atoms with Gasteiger partial charge in [-0.2, -0.15) is 5.10 Å². The molecule has 2 aromatic rings. The van der Waals surface area contributed by atoms with Crippen LogP contribution in [0.5, 0.6) is 0 Å². The minimum Gasteiger partial charge on any atom is -0.349 e. The van der Waals surface area contributed by atoms with Crippen LogP contribution in [0.3, 0.4) is 0 Å². The number of aromatic nitrogens is 2. The highest BCUT2D eigenvalue weighted by atomic mass is 16.1. The van der Waals surface area contributed by atoms with E-state index in [-0.39, 0.29) is 18.0 Å². The quantitative estimate of drug-likeness (QED) is 0.780. The molecule has 1 saturated carbocycles. The van der Waals surface area contributed by atoms with Crippen LogP contribution < -0.4 is 11.1 Å². The fourth-order valence-electron chi connectivity index (χ4n) is 3.03. The van der Waals surface area contributed by atoms with Crippen LogP contribution in [0.4, 0.5) is 0 Å². The number of H-pyrrole nitrogens is 1. The summed E-state index contributed by atoms with van der Waals surface area (Å²) in [4.78, 5) is 12.4. The van der Waals surface area contributed by atoms with Crippen LogP contribution in [0.2, 0.25) is 0 Å². The molecule has 2 atom stereocenters. The molecule has 20 heavy (non-hydrogen) atoms. The summed E-state index contributed by atoms with van der Waals surface area (Å²) in [7, 11) is 0. The van der Waals surface area contributed by atoms with E-state index >= 15 is 0 Å². The Morgan fingerprint density at radius 1 is 1.45 bits per heavy atom. The molecule has 1 amide bonds. The Hall–Kier alpha value is -1.88. The van der Waals surface area contributed by atoms with Crippen molar-refractivity contribution in [3.63, 3.8) is 0 Å². The molecule has 0 radical (unpaired) electrons. The second-order valence-electron chi connectivity index (χ2n) is 5.67. The number of amides is 1. The molecule has 2 unspecified atom stereocenters. The largest absolute Gasteiger partial charge is 0.349 e. The number of rotatable bonds is 2. The van der Waals surface area contributed by atoms with E-state index in [9.17, 15) is 4.79 Å². The van der Waals surface area contributed by atoms with E-state index < -0.39 is 0 Å². The zero-order valence-electron chi connectivity index (χ0n) is 11.6. The topological polar surface area (TPSA) is 83.8 Å². The first kappa shape index (κ1) is 13.1. The number of carbonyl (C=O) groups is 1. The summed E-state index contributed by atoms with van der Waals surface area (Å²) in [6.07, 6.45) is 5.81. The summed E-state index contributed by atoms with van der Waals surface area (Å²) in [5.41, 5.74) is 8.61. The molecule has 5 nitrogen and oxygen atoms in total. The van der Waals surface area contributed by atoms with Gasteiger partial charge in [0.05, 0.1) is 11.7 Å². The summed E-state index contributed by atoms with van der Waals surface area (Å²) in [6.45, 7) is 1.96. The van der Waals surface area contributed by atoms with Gasteiger partial charge in [-0.15, -0.1) is 0 Å². The molecule has 1 heterocycles. The Morgan fingerprint density at radius 3 is 3.10 bits per heavy atom. The van der Waals surface area contributed by atoms with Crippen molar-refractivity contribution in [2.75, 3.05) is 0 Å². The Balaban J connectivity index is 1.79. The van der Waals surface area contributed by atoms with Crippen LogP contribution in [-0.2, 0) is 0 Å². The van der Waals surface area contributed by atoms with Crippen molar-refractivity contribution >= 4 is 16.8 Å². The monoisotopic (exact) mass is 272 g/mol. The van der Waals surface area contributed by atoms with Crippen molar-refractivity contribution in [1.29, 1.82) is 0 Å². The number of hydrogen-bond acceptors (Lipinski definition) is 3. The number of nitrogens with one attached hydrogen (secondary N) is 2. The molecular weight excluding hydrogens is 252 g/mol. The number of nitrogens with two attached hydrogens (primary N) is 1. The van der Waals surface area contributed by atoms with Gasteiger partial charge in [-0.25, -0.2) is 0 Å². The number of nitrogens with zero attached hydrogens (tertiary/aromatic N) is 1. The lowest BCUT2D eigenvalue weighted by Crippen LogP contribution is -2.42. The van der Waals surface area contributed by atoms with Gasteiger partial charge in [0.1, 0.15) is 0 Å². The second-order valence-corrected chi connectivity index (χ2v) is 5.67. The van der Waals surface area contributed by atoms with Gasteiger partial charge in [-0.05, 0) is 50.3 Å². The van der Waals surface area contributed by atoms with E-state index in [0.717, 1.165) is 47.7 Å². The standard InChI is InChI=1S/C15H20N4O/c1-9-12(5-6-14-13(9)8-17-19-14)15(20)18-11-4-2-3-10(16)7-11/h5-6,8,10-11H,2-4,7,16H2,1H3,(H,17,19)(H,18,20). The summed E-state index contributed by atoms with van der Waals surface area (Å²) >= 11 is 0. The van der Waals surface area contributed by atoms with Crippen molar-refractivity contribution in [2.24, 2.45) is 5.73 Å². The lowest BCUT2D eigenvalue weighted by molar-refractivity contribution is 0.0925. The minimum atomic E-state index is -0.00954. The summed E-state index contributed by atoms with van der Waals surface area (Å²) < 4.78 is 0. The molecule has 1 aliphatic carbocycles. The molecular formula is C15H20N4O. The predicted octanol–water partition coefficient (Wildman–Crippen LogP) is 1.87. The highest BCUT2D eigenvalue weighted by Gasteiger charge is 2.22. The van der Waals surface area contributed by atoms with Gasteiger partial charge < -0.3 is 11.1 Å². The van der Waals surface area contributed by atoms with E-state index in [1.54, 1.807) is 6.20 Å². The van der Waals surface area contributed by atoms with Gasteiger partial charge in [-0.3, -0.25) is 9.89 Å².